The number of carbonyl (C=O) groups is 4. The standard InChI is InChI=1S/C14H22N2O6/c1-7(11(17)15(3)4)9(13(19)20)10(14(21)22)8(2)12(18)16(5)6/h7-8H,1-6H3,(H,19,20)(H,21,22)/t7-,8-/m0/s1. The first-order valence-electron chi connectivity index (χ1n) is 6.56. The van der Waals surface area contributed by atoms with Crippen LogP contribution in [0.5, 0.6) is 0 Å². The fourth-order valence-corrected chi connectivity index (χ4v) is 2.09. The summed E-state index contributed by atoms with van der Waals surface area (Å²) >= 11 is 0. The van der Waals surface area contributed by atoms with Crippen molar-refractivity contribution in [2.45, 2.75) is 13.8 Å². The van der Waals surface area contributed by atoms with Crippen molar-refractivity contribution in [2.24, 2.45) is 11.8 Å². The van der Waals surface area contributed by atoms with Crippen LogP contribution in [-0.2, 0) is 19.2 Å². The van der Waals surface area contributed by atoms with Crippen LogP contribution < -0.4 is 0 Å². The highest BCUT2D eigenvalue weighted by Crippen LogP contribution is 2.25. The van der Waals surface area contributed by atoms with Crippen LogP contribution in [0.1, 0.15) is 13.8 Å². The van der Waals surface area contributed by atoms with Gasteiger partial charge < -0.3 is 20.0 Å². The van der Waals surface area contributed by atoms with Crippen LogP contribution in [0.25, 0.3) is 0 Å². The summed E-state index contributed by atoms with van der Waals surface area (Å²) in [5.41, 5.74) is -1.15. The van der Waals surface area contributed by atoms with Gasteiger partial charge in [-0.05, 0) is 13.8 Å². The maximum atomic E-state index is 12.0. The molecule has 0 aliphatic carbocycles. The van der Waals surface area contributed by atoms with Crippen LogP contribution >= 0.6 is 0 Å². The minimum atomic E-state index is -1.53. The highest BCUT2D eigenvalue weighted by atomic mass is 16.4. The quantitative estimate of drug-likeness (QED) is 0.662. The van der Waals surface area contributed by atoms with Crippen molar-refractivity contribution in [1.82, 2.24) is 9.80 Å². The molecule has 0 radical (unpaired) electrons. The Balaban J connectivity index is 6.21. The number of hydrogen-bond acceptors (Lipinski definition) is 4. The molecule has 0 rings (SSSR count). The summed E-state index contributed by atoms with van der Waals surface area (Å²) in [5, 5.41) is 18.7. The second kappa shape index (κ2) is 7.58. The van der Waals surface area contributed by atoms with E-state index in [4.69, 9.17) is 0 Å². The first kappa shape index (κ1) is 19.6. The van der Waals surface area contributed by atoms with E-state index >= 15 is 0 Å². The molecule has 0 saturated carbocycles. The molecule has 0 aliphatic heterocycles. The lowest BCUT2D eigenvalue weighted by Crippen LogP contribution is -2.36. The van der Waals surface area contributed by atoms with Crippen LogP contribution in [0.3, 0.4) is 0 Å². The molecule has 0 fully saturated rings. The van der Waals surface area contributed by atoms with Crippen molar-refractivity contribution in [3.05, 3.63) is 11.1 Å². The molecule has 22 heavy (non-hydrogen) atoms. The summed E-state index contributed by atoms with van der Waals surface area (Å²) in [5.74, 6) is -6.54. The van der Waals surface area contributed by atoms with E-state index in [1.807, 2.05) is 0 Å². The van der Waals surface area contributed by atoms with Crippen molar-refractivity contribution >= 4 is 23.8 Å². The van der Waals surface area contributed by atoms with Gasteiger partial charge in [-0.15, -0.1) is 0 Å². The first-order valence-corrected chi connectivity index (χ1v) is 6.56. The van der Waals surface area contributed by atoms with Crippen LogP contribution in [0.2, 0.25) is 0 Å². The Bertz CT molecular complexity index is 475. The van der Waals surface area contributed by atoms with Crippen molar-refractivity contribution in [3.63, 3.8) is 0 Å². The second-order valence-corrected chi connectivity index (χ2v) is 5.35. The molecule has 0 unspecified atom stereocenters. The van der Waals surface area contributed by atoms with Crippen LogP contribution in [0, 0.1) is 11.8 Å². The number of rotatable bonds is 6. The van der Waals surface area contributed by atoms with E-state index in [9.17, 15) is 29.4 Å². The number of carboxylic acid groups (broad SMARTS) is 2. The molecule has 8 heteroatoms. The van der Waals surface area contributed by atoms with E-state index in [0.717, 1.165) is 0 Å². The molecule has 0 heterocycles. The third-order valence-corrected chi connectivity index (χ3v) is 3.24. The molecular formula is C14H22N2O6. The molecule has 0 saturated heterocycles. The molecule has 0 aliphatic rings. The van der Waals surface area contributed by atoms with Crippen LogP contribution in [0.4, 0.5) is 0 Å². The number of aliphatic carboxylic acids is 2. The Morgan fingerprint density at radius 2 is 0.909 bits per heavy atom. The van der Waals surface area contributed by atoms with Gasteiger partial charge >= 0.3 is 11.9 Å². The van der Waals surface area contributed by atoms with E-state index in [0.29, 0.717) is 0 Å². The van der Waals surface area contributed by atoms with Gasteiger partial charge in [0.2, 0.25) is 11.8 Å². The fraction of sp³-hybridized carbons (Fsp3) is 0.571. The van der Waals surface area contributed by atoms with Crippen molar-refractivity contribution in [1.29, 1.82) is 0 Å². The number of carbonyl (C=O) groups excluding carboxylic acids is 2. The molecule has 8 nitrogen and oxygen atoms in total. The van der Waals surface area contributed by atoms with Crippen LogP contribution in [0.15, 0.2) is 11.1 Å². The summed E-state index contributed by atoms with van der Waals surface area (Å²) in [4.78, 5) is 49.3. The highest BCUT2D eigenvalue weighted by Gasteiger charge is 2.35. The van der Waals surface area contributed by atoms with Gasteiger partial charge in [0.1, 0.15) is 0 Å². The Morgan fingerprint density at radius 1 is 0.682 bits per heavy atom. The SMILES string of the molecule is C[C@H](C(=O)N(C)C)C(C(=O)O)=C(C(=O)O)[C@H](C)C(=O)N(C)C. The maximum absolute atomic E-state index is 12.0. The molecule has 0 spiro atoms. The molecule has 0 aromatic heterocycles. The molecule has 0 bridgehead atoms. The molecule has 0 aromatic carbocycles. The lowest BCUT2D eigenvalue weighted by Gasteiger charge is -2.23. The van der Waals surface area contributed by atoms with Crippen molar-refractivity contribution in [3.8, 4) is 0 Å². The summed E-state index contributed by atoms with van der Waals surface area (Å²) in [7, 11) is 5.75. The Kier molecular flexibility index (Phi) is 6.76. The van der Waals surface area contributed by atoms with Crippen LogP contribution in [-0.4, -0.2) is 72.0 Å². The van der Waals surface area contributed by atoms with Gasteiger partial charge in [-0.2, -0.15) is 0 Å². The lowest BCUT2D eigenvalue weighted by atomic mass is 9.87. The van der Waals surface area contributed by atoms with Gasteiger partial charge in [0.25, 0.3) is 0 Å². The maximum Gasteiger partial charge on any atom is 0.332 e. The monoisotopic (exact) mass is 314 g/mol. The normalized spacial score (nSPS) is 14.5. The Morgan fingerprint density at radius 3 is 1.05 bits per heavy atom. The molecule has 2 N–H and O–H groups in total. The fourth-order valence-electron chi connectivity index (χ4n) is 2.09. The third kappa shape index (κ3) is 4.31. The first-order chi connectivity index (χ1) is 9.93. The van der Waals surface area contributed by atoms with E-state index in [1.54, 1.807) is 0 Å². The summed E-state index contributed by atoms with van der Waals surface area (Å²) in [6, 6.07) is 0. The average molecular weight is 314 g/mol. The molecule has 124 valence electrons. The van der Waals surface area contributed by atoms with Crippen molar-refractivity contribution < 1.29 is 29.4 Å². The molecule has 2 amide bonds. The number of amides is 2. The van der Waals surface area contributed by atoms with Gasteiger partial charge in [0.15, 0.2) is 0 Å². The zero-order valence-corrected chi connectivity index (χ0v) is 13.6. The molecular weight excluding hydrogens is 292 g/mol. The van der Waals surface area contributed by atoms with E-state index in [1.165, 1.54) is 51.8 Å². The topological polar surface area (TPSA) is 115 Å². The molecule has 0 aromatic rings. The molecule has 2 atom stereocenters. The zero-order valence-electron chi connectivity index (χ0n) is 13.6. The zero-order chi connectivity index (χ0) is 17.8. The Hall–Kier alpha value is -2.38. The summed E-state index contributed by atoms with van der Waals surface area (Å²) in [6.45, 7) is 2.61. The lowest BCUT2D eigenvalue weighted by molar-refractivity contribution is -0.140. The minimum absolute atomic E-state index is 0.555. The van der Waals surface area contributed by atoms with E-state index < -0.39 is 46.7 Å². The second-order valence-electron chi connectivity index (χ2n) is 5.35. The predicted molar refractivity (Wildman–Crippen MR) is 78.0 cm³/mol. The minimum Gasteiger partial charge on any atom is -0.478 e. The van der Waals surface area contributed by atoms with E-state index in [-0.39, 0.29) is 0 Å². The van der Waals surface area contributed by atoms with Gasteiger partial charge in [-0.1, -0.05) is 0 Å². The third-order valence-electron chi connectivity index (χ3n) is 3.24. The largest absolute Gasteiger partial charge is 0.478 e. The van der Waals surface area contributed by atoms with Gasteiger partial charge in [-0.25, -0.2) is 9.59 Å². The summed E-state index contributed by atoms with van der Waals surface area (Å²) < 4.78 is 0. The number of nitrogens with zero attached hydrogens (tertiary/aromatic N) is 2. The summed E-state index contributed by atoms with van der Waals surface area (Å²) in [6.07, 6.45) is 0. The van der Waals surface area contributed by atoms with E-state index in [2.05, 4.69) is 0 Å². The van der Waals surface area contributed by atoms with Gasteiger partial charge in [0.05, 0.1) is 23.0 Å². The average Bonchev–Trinajstić information content (AvgIpc) is 2.40. The number of carboxylic acids is 2. The predicted octanol–water partition coefficient (Wildman–Crippen LogP) is -0.0992. The van der Waals surface area contributed by atoms with Gasteiger partial charge in [0, 0.05) is 28.2 Å². The van der Waals surface area contributed by atoms with Gasteiger partial charge in [-0.3, -0.25) is 9.59 Å². The smallest absolute Gasteiger partial charge is 0.332 e. The van der Waals surface area contributed by atoms with Crippen molar-refractivity contribution in [2.75, 3.05) is 28.2 Å². The highest BCUT2D eigenvalue weighted by molar-refractivity contribution is 6.06. The number of hydrogen-bond donors (Lipinski definition) is 2. The Labute approximate surface area is 129 Å².